The zero-order valence-electron chi connectivity index (χ0n) is 30.6. The normalized spacial score (nSPS) is 12.8. The Morgan fingerprint density at radius 3 is 1.46 bits per heavy atom. The summed E-state index contributed by atoms with van der Waals surface area (Å²) in [5.74, 6) is -0.901. The van der Waals surface area contributed by atoms with Crippen LogP contribution in [-0.4, -0.2) is 41.0 Å². The van der Waals surface area contributed by atoms with Crippen molar-refractivity contribution in [2.24, 2.45) is 0 Å². The minimum atomic E-state index is -4.75. The molecule has 48 heavy (non-hydrogen) atoms. The Balaban J connectivity index is 3.94. The maximum absolute atomic E-state index is 12.4. The smallest absolute Gasteiger partial charge is 0.462 e. The molecule has 0 aromatic carbocycles. The van der Waals surface area contributed by atoms with Crippen molar-refractivity contribution in [3.63, 3.8) is 0 Å². The second-order valence-corrected chi connectivity index (χ2v) is 14.1. The number of hydrogen-bond donors (Lipinski definition) is 2. The van der Waals surface area contributed by atoms with E-state index in [1.165, 1.54) is 70.6 Å². The van der Waals surface area contributed by atoms with Gasteiger partial charge in [-0.25, -0.2) is 4.57 Å². The predicted molar refractivity (Wildman–Crippen MR) is 198 cm³/mol. The van der Waals surface area contributed by atoms with Crippen molar-refractivity contribution >= 4 is 19.8 Å². The number of hydrogen-bond acceptors (Lipinski definition) is 6. The van der Waals surface area contributed by atoms with Crippen molar-refractivity contribution < 1.29 is 37.9 Å². The first-order valence-corrected chi connectivity index (χ1v) is 20.8. The van der Waals surface area contributed by atoms with Gasteiger partial charge < -0.3 is 19.3 Å². The van der Waals surface area contributed by atoms with Gasteiger partial charge in [0.25, 0.3) is 0 Å². The van der Waals surface area contributed by atoms with Gasteiger partial charge in [-0.1, -0.05) is 140 Å². The molecule has 0 aliphatic carbocycles. The molecule has 0 amide bonds. The lowest BCUT2D eigenvalue weighted by Crippen LogP contribution is -2.29. The zero-order chi connectivity index (χ0) is 35.4. The van der Waals surface area contributed by atoms with Gasteiger partial charge in [0.15, 0.2) is 6.10 Å². The number of allylic oxidation sites excluding steroid dienone is 6. The Labute approximate surface area is 293 Å². The fraction of sp³-hybridized carbons (Fsp3) is 0.795. The largest absolute Gasteiger partial charge is 0.469 e. The third-order valence-electron chi connectivity index (χ3n) is 8.13. The predicted octanol–water partition coefficient (Wildman–Crippen LogP) is 11.4. The fourth-order valence-corrected chi connectivity index (χ4v) is 5.57. The Hall–Kier alpha value is -1.73. The Morgan fingerprint density at radius 2 is 0.958 bits per heavy atom. The first kappa shape index (κ1) is 46.3. The van der Waals surface area contributed by atoms with Crippen molar-refractivity contribution in [3.05, 3.63) is 36.5 Å². The monoisotopic (exact) mass is 698 g/mol. The number of esters is 2. The van der Waals surface area contributed by atoms with E-state index in [1.54, 1.807) is 0 Å². The number of carbonyl (C=O) groups excluding carboxylic acids is 2. The molecule has 1 atom stereocenters. The first-order valence-electron chi connectivity index (χ1n) is 19.3. The summed E-state index contributed by atoms with van der Waals surface area (Å²) in [7, 11) is -4.75. The van der Waals surface area contributed by atoms with E-state index in [0.29, 0.717) is 12.8 Å². The Bertz CT molecular complexity index is 879. The van der Waals surface area contributed by atoms with Crippen molar-refractivity contribution in [1.82, 2.24) is 0 Å². The van der Waals surface area contributed by atoms with E-state index in [0.717, 1.165) is 70.6 Å². The van der Waals surface area contributed by atoms with Crippen LogP contribution in [0.2, 0.25) is 0 Å². The molecule has 0 saturated carbocycles. The number of carbonyl (C=O) groups is 2. The van der Waals surface area contributed by atoms with Crippen LogP contribution in [0.25, 0.3) is 0 Å². The van der Waals surface area contributed by atoms with Gasteiger partial charge in [0, 0.05) is 12.8 Å². The standard InChI is InChI=1S/C39H71O8P/c1-3-5-7-9-11-13-15-16-17-18-19-20-21-22-24-26-28-30-32-34-39(41)47-37(36-46-48(42,43)44)35-45-38(40)33-31-29-27-25-23-14-12-10-8-6-4-2/h10-13,16-17,37H,3-9,14-15,18-36H2,1-2H3,(H2,42,43,44)/b12-10-,13-11-,17-16-. The Morgan fingerprint density at radius 1 is 0.542 bits per heavy atom. The lowest BCUT2D eigenvalue weighted by atomic mass is 10.1. The molecule has 2 N–H and O–H groups in total. The maximum atomic E-state index is 12.4. The third kappa shape index (κ3) is 37.1. The summed E-state index contributed by atoms with van der Waals surface area (Å²) in [6.45, 7) is 3.60. The average Bonchev–Trinajstić information content (AvgIpc) is 3.05. The summed E-state index contributed by atoms with van der Waals surface area (Å²) in [6, 6.07) is 0. The van der Waals surface area contributed by atoms with Crippen LogP contribution in [0.15, 0.2) is 36.5 Å². The van der Waals surface area contributed by atoms with Crippen LogP contribution in [0.3, 0.4) is 0 Å². The summed E-state index contributed by atoms with van der Waals surface area (Å²) in [5, 5.41) is 0. The van der Waals surface area contributed by atoms with Crippen molar-refractivity contribution in [1.29, 1.82) is 0 Å². The van der Waals surface area contributed by atoms with Gasteiger partial charge in [0.2, 0.25) is 0 Å². The minimum Gasteiger partial charge on any atom is -0.462 e. The van der Waals surface area contributed by atoms with Crippen LogP contribution >= 0.6 is 7.82 Å². The summed E-state index contributed by atoms with van der Waals surface area (Å²) in [5.41, 5.74) is 0. The highest BCUT2D eigenvalue weighted by atomic mass is 31.2. The van der Waals surface area contributed by atoms with Crippen LogP contribution in [0.4, 0.5) is 0 Å². The first-order chi connectivity index (χ1) is 23.3. The van der Waals surface area contributed by atoms with Crippen molar-refractivity contribution in [2.45, 2.75) is 187 Å². The SMILES string of the molecule is CCCC/C=C\CCCCCCCC(=O)OCC(COP(=O)(O)O)OC(=O)CCCCCCCCCCC/C=C\C/C=C\CCCCC. The highest BCUT2D eigenvalue weighted by Crippen LogP contribution is 2.36. The maximum Gasteiger partial charge on any atom is 0.469 e. The molecule has 0 fully saturated rings. The molecule has 0 saturated heterocycles. The van der Waals surface area contributed by atoms with Gasteiger partial charge in [0.1, 0.15) is 6.61 Å². The molecular weight excluding hydrogens is 627 g/mol. The molecule has 8 nitrogen and oxygen atoms in total. The van der Waals surface area contributed by atoms with Crippen LogP contribution in [0.1, 0.15) is 181 Å². The molecule has 0 radical (unpaired) electrons. The van der Waals surface area contributed by atoms with E-state index in [4.69, 9.17) is 19.3 Å². The zero-order valence-corrected chi connectivity index (χ0v) is 31.5. The average molecular weight is 699 g/mol. The number of rotatable bonds is 35. The van der Waals surface area contributed by atoms with Crippen LogP contribution in [0, 0.1) is 0 Å². The highest BCUT2D eigenvalue weighted by Gasteiger charge is 2.22. The van der Waals surface area contributed by atoms with Gasteiger partial charge in [-0.05, 0) is 64.2 Å². The molecule has 280 valence electrons. The van der Waals surface area contributed by atoms with Crippen LogP contribution < -0.4 is 0 Å². The van der Waals surface area contributed by atoms with Gasteiger partial charge in [-0.15, -0.1) is 0 Å². The third-order valence-corrected chi connectivity index (χ3v) is 8.62. The molecule has 0 heterocycles. The van der Waals surface area contributed by atoms with Crippen molar-refractivity contribution in [3.8, 4) is 0 Å². The summed E-state index contributed by atoms with van der Waals surface area (Å²) in [6.07, 6.45) is 40.1. The molecule has 0 spiro atoms. The lowest BCUT2D eigenvalue weighted by Gasteiger charge is -2.18. The number of unbranched alkanes of at least 4 members (excludes halogenated alkanes) is 19. The molecule has 9 heteroatoms. The lowest BCUT2D eigenvalue weighted by molar-refractivity contribution is -0.161. The number of phosphoric acid groups is 1. The summed E-state index contributed by atoms with van der Waals surface area (Å²) >= 11 is 0. The molecule has 1 unspecified atom stereocenters. The highest BCUT2D eigenvalue weighted by molar-refractivity contribution is 7.46. The van der Waals surface area contributed by atoms with E-state index in [2.05, 4.69) is 54.8 Å². The second-order valence-electron chi connectivity index (χ2n) is 12.9. The van der Waals surface area contributed by atoms with Gasteiger partial charge in [-0.2, -0.15) is 0 Å². The van der Waals surface area contributed by atoms with Crippen LogP contribution in [0.5, 0.6) is 0 Å². The van der Waals surface area contributed by atoms with Crippen LogP contribution in [-0.2, 0) is 28.2 Å². The second kappa shape index (κ2) is 35.1. The van der Waals surface area contributed by atoms with E-state index >= 15 is 0 Å². The van der Waals surface area contributed by atoms with Gasteiger partial charge in [0.05, 0.1) is 6.61 Å². The van der Waals surface area contributed by atoms with E-state index < -0.39 is 32.5 Å². The number of phosphoric ester groups is 1. The molecule has 0 aromatic rings. The van der Waals surface area contributed by atoms with E-state index in [1.807, 2.05) is 0 Å². The molecule has 0 bridgehead atoms. The Kier molecular flexibility index (Phi) is 33.8. The fourth-order valence-electron chi connectivity index (χ4n) is 5.21. The summed E-state index contributed by atoms with van der Waals surface area (Å²) < 4.78 is 26.3. The molecular formula is C39H71O8P. The van der Waals surface area contributed by atoms with E-state index in [-0.39, 0.29) is 19.4 Å². The van der Waals surface area contributed by atoms with Gasteiger partial charge >= 0.3 is 19.8 Å². The quantitative estimate of drug-likeness (QED) is 0.0290. The minimum absolute atomic E-state index is 0.205. The topological polar surface area (TPSA) is 119 Å². The van der Waals surface area contributed by atoms with Crippen molar-refractivity contribution in [2.75, 3.05) is 13.2 Å². The molecule has 0 aromatic heterocycles. The van der Waals surface area contributed by atoms with E-state index in [9.17, 15) is 14.2 Å². The summed E-state index contributed by atoms with van der Waals surface area (Å²) in [4.78, 5) is 42.7. The number of ether oxygens (including phenoxy) is 2. The van der Waals surface area contributed by atoms with Gasteiger partial charge in [-0.3, -0.25) is 14.1 Å². The molecule has 0 aliphatic heterocycles. The molecule has 0 aliphatic rings. The molecule has 0 rings (SSSR count).